The lowest BCUT2D eigenvalue weighted by molar-refractivity contribution is 0.274. The molecule has 0 atom stereocenters. The molecule has 1 saturated heterocycles. The van der Waals surface area contributed by atoms with Gasteiger partial charge in [0, 0.05) is 28.2 Å². The molecule has 0 spiro atoms. The highest BCUT2D eigenvalue weighted by molar-refractivity contribution is 6.31. The molecule has 0 saturated carbocycles. The van der Waals surface area contributed by atoms with Crippen LogP contribution in [0.1, 0.15) is 31.4 Å². The zero-order chi connectivity index (χ0) is 12.4. The van der Waals surface area contributed by atoms with Crippen molar-refractivity contribution in [2.24, 2.45) is 0 Å². The molecule has 96 valence electrons. The summed E-state index contributed by atoms with van der Waals surface area (Å²) in [5, 5.41) is 2.02. The lowest BCUT2D eigenvalue weighted by Gasteiger charge is -2.18. The van der Waals surface area contributed by atoms with Gasteiger partial charge in [-0.15, -0.1) is 0 Å². The summed E-state index contributed by atoms with van der Waals surface area (Å²) in [5.41, 5.74) is 2.48. The summed E-state index contributed by atoms with van der Waals surface area (Å²) in [5.74, 6) is 0. The molecule has 3 heteroatoms. The van der Waals surface area contributed by atoms with Crippen molar-refractivity contribution >= 4 is 22.5 Å². The highest BCUT2D eigenvalue weighted by atomic mass is 35.5. The van der Waals surface area contributed by atoms with Crippen LogP contribution in [0.3, 0.4) is 0 Å². The molecule has 2 aromatic rings. The average molecular weight is 263 g/mol. The Labute approximate surface area is 113 Å². The first-order valence-corrected chi connectivity index (χ1v) is 7.18. The van der Waals surface area contributed by atoms with E-state index in [1.807, 2.05) is 12.1 Å². The maximum absolute atomic E-state index is 6.02. The Morgan fingerprint density at radius 3 is 2.61 bits per heavy atom. The molecule has 3 rings (SSSR count). The first kappa shape index (κ1) is 12.1. The minimum Gasteiger partial charge on any atom is -0.357 e. The first-order chi connectivity index (χ1) is 8.81. The van der Waals surface area contributed by atoms with Crippen molar-refractivity contribution in [1.29, 1.82) is 0 Å². The minimum absolute atomic E-state index is 0.808. The van der Waals surface area contributed by atoms with Crippen LogP contribution in [-0.4, -0.2) is 23.0 Å². The second-order valence-electron chi connectivity index (χ2n) is 5.22. The lowest BCUT2D eigenvalue weighted by Crippen LogP contribution is -2.24. The van der Waals surface area contributed by atoms with Gasteiger partial charge in [-0.1, -0.05) is 24.4 Å². The van der Waals surface area contributed by atoms with E-state index in [1.54, 1.807) is 0 Å². The topological polar surface area (TPSA) is 19.0 Å². The minimum atomic E-state index is 0.808. The third-order valence-electron chi connectivity index (χ3n) is 3.73. The standard InChI is InChI=1S/C15H19ClN2/c16-13-5-6-15-12(9-13)10-14(17-15)11-18-7-3-1-2-4-8-18/h5-6,9-10,17H,1-4,7-8,11H2. The van der Waals surface area contributed by atoms with Gasteiger partial charge in [0.1, 0.15) is 0 Å². The van der Waals surface area contributed by atoms with E-state index in [0.29, 0.717) is 0 Å². The highest BCUT2D eigenvalue weighted by Gasteiger charge is 2.10. The van der Waals surface area contributed by atoms with Crippen LogP contribution in [0.4, 0.5) is 0 Å². The Kier molecular flexibility index (Phi) is 3.57. The SMILES string of the molecule is Clc1ccc2[nH]c(CN3CCCCCC3)cc2c1. The van der Waals surface area contributed by atoms with Gasteiger partial charge in [0.25, 0.3) is 0 Å². The van der Waals surface area contributed by atoms with Gasteiger partial charge >= 0.3 is 0 Å². The smallest absolute Gasteiger partial charge is 0.0457 e. The van der Waals surface area contributed by atoms with E-state index in [1.165, 1.54) is 55.4 Å². The number of aromatic amines is 1. The third-order valence-corrected chi connectivity index (χ3v) is 3.97. The number of hydrogen-bond acceptors (Lipinski definition) is 1. The van der Waals surface area contributed by atoms with Crippen molar-refractivity contribution in [2.75, 3.05) is 13.1 Å². The lowest BCUT2D eigenvalue weighted by atomic mass is 10.2. The molecule has 1 aliphatic rings. The van der Waals surface area contributed by atoms with Crippen molar-refractivity contribution in [2.45, 2.75) is 32.2 Å². The van der Waals surface area contributed by atoms with Gasteiger partial charge in [0.15, 0.2) is 0 Å². The number of nitrogens with zero attached hydrogens (tertiary/aromatic N) is 1. The molecule has 2 nitrogen and oxygen atoms in total. The highest BCUT2D eigenvalue weighted by Crippen LogP contribution is 2.21. The molecule has 18 heavy (non-hydrogen) atoms. The number of rotatable bonds is 2. The molecule has 2 heterocycles. The maximum Gasteiger partial charge on any atom is 0.0457 e. The van der Waals surface area contributed by atoms with E-state index in [4.69, 9.17) is 11.6 Å². The number of likely N-dealkylation sites (tertiary alicyclic amines) is 1. The fraction of sp³-hybridized carbons (Fsp3) is 0.467. The number of fused-ring (bicyclic) bond motifs is 1. The van der Waals surface area contributed by atoms with E-state index < -0.39 is 0 Å². The summed E-state index contributed by atoms with van der Waals surface area (Å²) in [4.78, 5) is 6.05. The summed E-state index contributed by atoms with van der Waals surface area (Å²) >= 11 is 6.02. The number of benzene rings is 1. The summed E-state index contributed by atoms with van der Waals surface area (Å²) in [7, 11) is 0. The molecule has 1 aromatic heterocycles. The van der Waals surface area contributed by atoms with Crippen LogP contribution in [0.2, 0.25) is 5.02 Å². The molecule has 0 radical (unpaired) electrons. The molecule has 1 aliphatic heterocycles. The largest absolute Gasteiger partial charge is 0.357 e. The van der Waals surface area contributed by atoms with Gasteiger partial charge in [-0.05, 0) is 50.2 Å². The molecular formula is C15H19ClN2. The Balaban J connectivity index is 1.77. The van der Waals surface area contributed by atoms with Crippen molar-refractivity contribution in [1.82, 2.24) is 9.88 Å². The normalized spacial score (nSPS) is 18.1. The monoisotopic (exact) mass is 262 g/mol. The predicted molar refractivity (Wildman–Crippen MR) is 77.1 cm³/mol. The summed E-state index contributed by atoms with van der Waals surface area (Å²) in [6.45, 7) is 3.50. The van der Waals surface area contributed by atoms with Crippen LogP contribution in [0.15, 0.2) is 24.3 Å². The second kappa shape index (κ2) is 5.33. The molecule has 0 aliphatic carbocycles. The van der Waals surface area contributed by atoms with E-state index in [0.717, 1.165) is 11.6 Å². The van der Waals surface area contributed by atoms with E-state index >= 15 is 0 Å². The quantitative estimate of drug-likeness (QED) is 0.860. The molecule has 0 bridgehead atoms. The van der Waals surface area contributed by atoms with E-state index in [2.05, 4.69) is 22.0 Å². The summed E-state index contributed by atoms with van der Waals surface area (Å²) < 4.78 is 0. The van der Waals surface area contributed by atoms with Crippen LogP contribution in [0, 0.1) is 0 Å². The fourth-order valence-electron chi connectivity index (χ4n) is 2.78. The molecular weight excluding hydrogens is 244 g/mol. The third kappa shape index (κ3) is 2.70. The van der Waals surface area contributed by atoms with E-state index in [-0.39, 0.29) is 0 Å². The first-order valence-electron chi connectivity index (χ1n) is 6.81. The van der Waals surface area contributed by atoms with Gasteiger partial charge in [-0.3, -0.25) is 4.90 Å². The Bertz CT molecular complexity index is 524. The van der Waals surface area contributed by atoms with Crippen molar-refractivity contribution in [3.63, 3.8) is 0 Å². The van der Waals surface area contributed by atoms with Crippen LogP contribution in [0.25, 0.3) is 10.9 Å². The number of aromatic nitrogens is 1. The second-order valence-corrected chi connectivity index (χ2v) is 5.65. The van der Waals surface area contributed by atoms with Crippen LogP contribution < -0.4 is 0 Å². The number of H-pyrrole nitrogens is 1. The number of halogens is 1. The Hall–Kier alpha value is -0.990. The van der Waals surface area contributed by atoms with Crippen molar-refractivity contribution < 1.29 is 0 Å². The molecule has 0 amide bonds. The zero-order valence-corrected chi connectivity index (χ0v) is 11.3. The number of hydrogen-bond donors (Lipinski definition) is 1. The molecule has 0 unspecified atom stereocenters. The molecule has 1 aromatic carbocycles. The van der Waals surface area contributed by atoms with Crippen LogP contribution in [-0.2, 0) is 6.54 Å². The van der Waals surface area contributed by atoms with Gasteiger partial charge in [-0.25, -0.2) is 0 Å². The van der Waals surface area contributed by atoms with Crippen molar-refractivity contribution in [3.8, 4) is 0 Å². The summed E-state index contributed by atoms with van der Waals surface area (Å²) in [6.07, 6.45) is 5.45. The van der Waals surface area contributed by atoms with Crippen LogP contribution in [0.5, 0.6) is 0 Å². The average Bonchev–Trinajstić information content (AvgIpc) is 2.57. The Morgan fingerprint density at radius 2 is 1.83 bits per heavy atom. The summed E-state index contributed by atoms with van der Waals surface area (Å²) in [6, 6.07) is 8.26. The van der Waals surface area contributed by atoms with Crippen molar-refractivity contribution in [3.05, 3.63) is 35.0 Å². The van der Waals surface area contributed by atoms with Gasteiger partial charge in [-0.2, -0.15) is 0 Å². The maximum atomic E-state index is 6.02. The van der Waals surface area contributed by atoms with E-state index in [9.17, 15) is 0 Å². The molecule has 1 fully saturated rings. The predicted octanol–water partition coefficient (Wildman–Crippen LogP) is 4.20. The zero-order valence-electron chi connectivity index (χ0n) is 10.6. The molecule has 1 N–H and O–H groups in total. The van der Waals surface area contributed by atoms with Gasteiger partial charge in [0.05, 0.1) is 0 Å². The van der Waals surface area contributed by atoms with Crippen LogP contribution >= 0.6 is 11.6 Å². The Morgan fingerprint density at radius 1 is 1.06 bits per heavy atom. The fourth-order valence-corrected chi connectivity index (χ4v) is 2.96. The van der Waals surface area contributed by atoms with Gasteiger partial charge < -0.3 is 4.98 Å². The number of nitrogens with one attached hydrogen (secondary N) is 1. The van der Waals surface area contributed by atoms with Gasteiger partial charge in [0.2, 0.25) is 0 Å².